The van der Waals surface area contributed by atoms with E-state index in [-0.39, 0.29) is 24.8 Å². The molecule has 1 aromatic rings. The summed E-state index contributed by atoms with van der Waals surface area (Å²) in [6.07, 6.45) is -4.56. The Morgan fingerprint density at radius 3 is 2.48 bits per heavy atom. The number of nitrogens with one attached hydrogen (secondary N) is 2. The van der Waals surface area contributed by atoms with Crippen LogP contribution in [-0.2, 0) is 22.2 Å². The molecule has 1 aromatic carbocycles. The number of imide groups is 1. The molecule has 3 atom stereocenters. The molecule has 2 fully saturated rings. The van der Waals surface area contributed by atoms with Gasteiger partial charge in [0, 0.05) is 5.92 Å². The number of benzene rings is 1. The van der Waals surface area contributed by atoms with E-state index in [4.69, 9.17) is 5.11 Å². The zero-order valence-corrected chi connectivity index (χ0v) is 12.9. The number of aryl methyl sites for hydroxylation is 1. The van der Waals surface area contributed by atoms with Crippen LogP contribution >= 0.6 is 0 Å². The monoisotopic (exact) mass is 356 g/mol. The molecule has 3 rings (SSSR count). The van der Waals surface area contributed by atoms with Crippen molar-refractivity contribution in [3.63, 3.8) is 0 Å². The van der Waals surface area contributed by atoms with E-state index in [0.717, 1.165) is 6.07 Å². The average Bonchev–Trinajstić information content (AvgIpc) is 3.26. The lowest BCUT2D eigenvalue weighted by molar-refractivity contribution is -0.139. The van der Waals surface area contributed by atoms with Crippen LogP contribution in [0.5, 0.6) is 0 Å². The van der Waals surface area contributed by atoms with E-state index in [1.54, 1.807) is 0 Å². The minimum absolute atomic E-state index is 0.00384. The van der Waals surface area contributed by atoms with Crippen LogP contribution in [-0.4, -0.2) is 28.6 Å². The lowest BCUT2D eigenvalue weighted by atomic mass is 9.84. The van der Waals surface area contributed by atoms with Gasteiger partial charge in [0.05, 0.1) is 11.5 Å². The normalized spacial score (nSPS) is 28.4. The summed E-state index contributed by atoms with van der Waals surface area (Å²) in [5, 5.41) is 13.6. The van der Waals surface area contributed by atoms with Crippen LogP contribution in [0.4, 0.5) is 18.0 Å². The van der Waals surface area contributed by atoms with E-state index in [1.807, 2.05) is 0 Å². The number of hydrogen-bond acceptors (Lipinski definition) is 3. The number of rotatable bonds is 5. The molecule has 134 valence electrons. The van der Waals surface area contributed by atoms with Gasteiger partial charge in [0.2, 0.25) is 0 Å². The van der Waals surface area contributed by atoms with Gasteiger partial charge in [0.25, 0.3) is 5.91 Å². The number of carbonyl (C=O) groups excluding carboxylic acids is 2. The second-order valence-electron chi connectivity index (χ2n) is 6.32. The molecule has 2 aliphatic rings. The molecule has 3 unspecified atom stereocenters. The number of carbonyl (C=O) groups is 3. The highest BCUT2D eigenvalue weighted by atomic mass is 19.4. The fourth-order valence-corrected chi connectivity index (χ4v) is 3.49. The Morgan fingerprint density at radius 2 is 1.96 bits per heavy atom. The van der Waals surface area contributed by atoms with Gasteiger partial charge in [-0.3, -0.25) is 14.9 Å². The molecule has 25 heavy (non-hydrogen) atoms. The van der Waals surface area contributed by atoms with Gasteiger partial charge in [-0.2, -0.15) is 13.2 Å². The van der Waals surface area contributed by atoms with E-state index in [2.05, 4.69) is 10.6 Å². The van der Waals surface area contributed by atoms with Gasteiger partial charge in [0.15, 0.2) is 0 Å². The molecule has 1 aliphatic carbocycles. The van der Waals surface area contributed by atoms with Gasteiger partial charge in [0.1, 0.15) is 5.54 Å². The summed E-state index contributed by atoms with van der Waals surface area (Å²) in [6.45, 7) is 0. The zero-order valence-electron chi connectivity index (χ0n) is 12.9. The van der Waals surface area contributed by atoms with Crippen molar-refractivity contribution in [3.8, 4) is 0 Å². The van der Waals surface area contributed by atoms with Gasteiger partial charge in [-0.1, -0.05) is 18.2 Å². The maximum atomic E-state index is 13.1. The third-order valence-electron chi connectivity index (χ3n) is 4.82. The Bertz CT molecular complexity index is 749. The second-order valence-corrected chi connectivity index (χ2v) is 6.32. The Labute approximate surface area is 140 Å². The minimum Gasteiger partial charge on any atom is -0.481 e. The summed E-state index contributed by atoms with van der Waals surface area (Å²) in [5.41, 5.74) is -2.30. The first kappa shape index (κ1) is 17.2. The summed E-state index contributed by atoms with van der Waals surface area (Å²) in [7, 11) is 0. The van der Waals surface area contributed by atoms with E-state index in [9.17, 15) is 27.6 Å². The summed E-state index contributed by atoms with van der Waals surface area (Å²) in [4.78, 5) is 34.9. The predicted octanol–water partition coefficient (Wildman–Crippen LogP) is 1.94. The Hall–Kier alpha value is -2.58. The number of alkyl halides is 3. The number of aliphatic carboxylic acids is 1. The summed E-state index contributed by atoms with van der Waals surface area (Å²) in [5.74, 6) is -3.19. The maximum absolute atomic E-state index is 13.1. The van der Waals surface area contributed by atoms with Gasteiger partial charge in [-0.25, -0.2) is 4.79 Å². The van der Waals surface area contributed by atoms with Crippen molar-refractivity contribution in [1.82, 2.24) is 10.6 Å². The van der Waals surface area contributed by atoms with Crippen molar-refractivity contribution in [2.75, 3.05) is 0 Å². The van der Waals surface area contributed by atoms with Crippen molar-refractivity contribution in [2.24, 2.45) is 11.8 Å². The second kappa shape index (κ2) is 5.75. The van der Waals surface area contributed by atoms with Gasteiger partial charge < -0.3 is 10.4 Å². The molecule has 0 spiro atoms. The number of urea groups is 1. The van der Waals surface area contributed by atoms with Crippen molar-refractivity contribution in [1.29, 1.82) is 0 Å². The number of carboxylic acids is 1. The average molecular weight is 356 g/mol. The van der Waals surface area contributed by atoms with E-state index < -0.39 is 47.0 Å². The lowest BCUT2D eigenvalue weighted by Gasteiger charge is -2.27. The van der Waals surface area contributed by atoms with Crippen LogP contribution in [0, 0.1) is 11.8 Å². The van der Waals surface area contributed by atoms with Crippen LogP contribution in [0.25, 0.3) is 0 Å². The molecule has 9 heteroatoms. The van der Waals surface area contributed by atoms with Crippen molar-refractivity contribution in [2.45, 2.75) is 31.0 Å². The van der Waals surface area contributed by atoms with Gasteiger partial charge in [-0.15, -0.1) is 0 Å². The topological polar surface area (TPSA) is 95.5 Å². The number of halogens is 3. The van der Waals surface area contributed by atoms with Gasteiger partial charge in [-0.05, 0) is 30.9 Å². The largest absolute Gasteiger partial charge is 0.481 e. The summed E-state index contributed by atoms with van der Waals surface area (Å²) in [6, 6.07) is 4.24. The fraction of sp³-hybridized carbons (Fsp3) is 0.438. The molecule has 1 saturated heterocycles. The van der Waals surface area contributed by atoms with Crippen LogP contribution in [0.15, 0.2) is 24.3 Å². The molecule has 0 radical (unpaired) electrons. The van der Waals surface area contributed by atoms with Crippen LogP contribution in [0.1, 0.15) is 24.0 Å². The molecule has 1 aliphatic heterocycles. The third-order valence-corrected chi connectivity index (χ3v) is 4.82. The predicted molar refractivity (Wildman–Crippen MR) is 78.4 cm³/mol. The molecular weight excluding hydrogens is 341 g/mol. The highest BCUT2D eigenvalue weighted by Crippen LogP contribution is 2.49. The fourth-order valence-electron chi connectivity index (χ4n) is 3.49. The molecular formula is C16H15F3N2O4. The standard InChI is InChI=1S/C16H15F3N2O4/c17-16(18,19)10-4-2-1-3-8(10)5-6-15(11-7-9(11)12(22)23)13(24)20-14(25)21-15/h1-4,9,11H,5-7H2,(H,22,23)(H2,20,21,24,25). The first-order chi connectivity index (χ1) is 11.6. The van der Waals surface area contributed by atoms with Crippen molar-refractivity contribution < 1.29 is 32.7 Å². The molecule has 1 heterocycles. The summed E-state index contributed by atoms with van der Waals surface area (Å²) < 4.78 is 39.3. The quantitative estimate of drug-likeness (QED) is 0.703. The SMILES string of the molecule is O=C1NC(=O)C(CCc2ccccc2C(F)(F)F)(C2CC2C(=O)O)N1. The highest BCUT2D eigenvalue weighted by molar-refractivity contribution is 6.07. The molecule has 0 aromatic heterocycles. The molecule has 3 N–H and O–H groups in total. The first-order valence-corrected chi connectivity index (χ1v) is 7.66. The van der Waals surface area contributed by atoms with E-state index in [1.165, 1.54) is 18.2 Å². The summed E-state index contributed by atoms with van der Waals surface area (Å²) >= 11 is 0. The van der Waals surface area contributed by atoms with Crippen molar-refractivity contribution >= 4 is 17.9 Å². The van der Waals surface area contributed by atoms with Crippen LogP contribution in [0.3, 0.4) is 0 Å². The Balaban J connectivity index is 1.86. The van der Waals surface area contributed by atoms with E-state index in [0.29, 0.717) is 0 Å². The highest BCUT2D eigenvalue weighted by Gasteiger charge is 2.62. The number of amides is 3. The van der Waals surface area contributed by atoms with Crippen LogP contribution in [0.2, 0.25) is 0 Å². The third kappa shape index (κ3) is 3.06. The van der Waals surface area contributed by atoms with Gasteiger partial charge >= 0.3 is 18.2 Å². The molecule has 6 nitrogen and oxygen atoms in total. The minimum atomic E-state index is -4.53. The number of carboxylic acid groups (broad SMARTS) is 1. The number of hydrogen-bond donors (Lipinski definition) is 3. The molecule has 1 saturated carbocycles. The lowest BCUT2D eigenvalue weighted by Crippen LogP contribution is -2.50. The zero-order chi connectivity index (χ0) is 18.4. The molecule has 3 amide bonds. The maximum Gasteiger partial charge on any atom is 0.416 e. The van der Waals surface area contributed by atoms with Crippen molar-refractivity contribution in [3.05, 3.63) is 35.4 Å². The first-order valence-electron chi connectivity index (χ1n) is 7.66. The van der Waals surface area contributed by atoms with E-state index >= 15 is 0 Å². The van der Waals surface area contributed by atoms with Crippen LogP contribution < -0.4 is 10.6 Å². The molecule has 0 bridgehead atoms. The Morgan fingerprint density at radius 1 is 1.28 bits per heavy atom. The Kier molecular flexibility index (Phi) is 3.97. The smallest absolute Gasteiger partial charge is 0.416 e.